The minimum atomic E-state index is 0.141. The Morgan fingerprint density at radius 3 is 2.88 bits per heavy atom. The van der Waals surface area contributed by atoms with Gasteiger partial charge in [0.1, 0.15) is 0 Å². The predicted molar refractivity (Wildman–Crippen MR) is 97.1 cm³/mol. The zero-order valence-electron chi connectivity index (χ0n) is 13.6. The number of rotatable bonds is 4. The van der Waals surface area contributed by atoms with E-state index in [4.69, 9.17) is 4.98 Å². The maximum absolute atomic E-state index is 12.9. The molecule has 0 aliphatic heterocycles. The summed E-state index contributed by atoms with van der Waals surface area (Å²) in [5.74, 6) is 0.324. The van der Waals surface area contributed by atoms with Crippen molar-refractivity contribution in [2.75, 3.05) is 4.90 Å². The van der Waals surface area contributed by atoms with Gasteiger partial charge in [0, 0.05) is 12.1 Å². The van der Waals surface area contributed by atoms with Gasteiger partial charge in [0.25, 0.3) is 0 Å². The molecule has 3 aromatic rings. The number of carbonyl (C=O) groups excluding carboxylic acids is 1. The van der Waals surface area contributed by atoms with Crippen LogP contribution in [0.3, 0.4) is 0 Å². The number of hydrogen-bond donors (Lipinski definition) is 0. The van der Waals surface area contributed by atoms with Crippen LogP contribution in [0.25, 0.3) is 10.2 Å². The van der Waals surface area contributed by atoms with Gasteiger partial charge in [-0.2, -0.15) is 0 Å². The molecule has 2 aromatic heterocycles. The van der Waals surface area contributed by atoms with Crippen LogP contribution < -0.4 is 4.90 Å². The smallest absolute Gasteiger partial charge is 0.232 e. The fourth-order valence-corrected chi connectivity index (χ4v) is 3.97. The molecule has 4 nitrogen and oxygen atoms in total. The SMILES string of the molecule is Cc1ccc2nc(N(Cc3ccccn3)C(=O)C3CCC3)sc2c1. The van der Waals surface area contributed by atoms with Crippen molar-refractivity contribution < 1.29 is 4.79 Å². The maximum atomic E-state index is 12.9. The molecule has 2 heterocycles. The molecule has 5 heteroatoms. The quantitative estimate of drug-likeness (QED) is 0.712. The molecule has 1 aliphatic rings. The van der Waals surface area contributed by atoms with E-state index in [1.165, 1.54) is 5.56 Å². The summed E-state index contributed by atoms with van der Waals surface area (Å²) in [5, 5.41) is 0.776. The molecule has 0 unspecified atom stereocenters. The largest absolute Gasteiger partial charge is 0.282 e. The van der Waals surface area contributed by atoms with Crippen LogP contribution in [0, 0.1) is 12.8 Å². The molecule has 24 heavy (non-hydrogen) atoms. The Bertz CT molecular complexity index is 871. The lowest BCUT2D eigenvalue weighted by molar-refractivity contribution is -0.124. The number of hydrogen-bond acceptors (Lipinski definition) is 4. The number of aryl methyl sites for hydroxylation is 1. The molecule has 0 bridgehead atoms. The minimum absolute atomic E-state index is 0.141. The summed E-state index contributed by atoms with van der Waals surface area (Å²) < 4.78 is 1.12. The Balaban J connectivity index is 1.71. The number of fused-ring (bicyclic) bond motifs is 1. The molecule has 1 fully saturated rings. The Kier molecular flexibility index (Phi) is 4.02. The number of carbonyl (C=O) groups is 1. The summed E-state index contributed by atoms with van der Waals surface area (Å²) in [5.41, 5.74) is 3.05. The first kappa shape index (κ1) is 15.3. The first-order valence-corrected chi connectivity index (χ1v) is 9.11. The van der Waals surface area contributed by atoms with Crippen molar-refractivity contribution in [2.45, 2.75) is 32.7 Å². The van der Waals surface area contributed by atoms with Gasteiger partial charge in [-0.25, -0.2) is 4.98 Å². The number of amides is 1. The second-order valence-corrected chi connectivity index (χ2v) is 7.35. The number of anilines is 1. The third kappa shape index (κ3) is 2.91. The fourth-order valence-electron chi connectivity index (χ4n) is 2.90. The molecule has 0 spiro atoms. The van der Waals surface area contributed by atoms with Crippen LogP contribution in [0.2, 0.25) is 0 Å². The van der Waals surface area contributed by atoms with Crippen molar-refractivity contribution in [3.05, 3.63) is 53.9 Å². The summed E-state index contributed by atoms with van der Waals surface area (Å²) in [6, 6.07) is 12.0. The van der Waals surface area contributed by atoms with Gasteiger partial charge in [-0.05, 0) is 49.6 Å². The van der Waals surface area contributed by atoms with Gasteiger partial charge in [-0.3, -0.25) is 14.7 Å². The molecular formula is C19H19N3OS. The van der Waals surface area contributed by atoms with Gasteiger partial charge in [-0.1, -0.05) is 29.9 Å². The van der Waals surface area contributed by atoms with Gasteiger partial charge in [0.2, 0.25) is 5.91 Å². The van der Waals surface area contributed by atoms with Gasteiger partial charge >= 0.3 is 0 Å². The van der Waals surface area contributed by atoms with Crippen LogP contribution in [0.15, 0.2) is 42.6 Å². The van der Waals surface area contributed by atoms with Gasteiger partial charge < -0.3 is 0 Å². The zero-order chi connectivity index (χ0) is 16.5. The average Bonchev–Trinajstić information content (AvgIpc) is 2.94. The van der Waals surface area contributed by atoms with Crippen molar-refractivity contribution in [2.24, 2.45) is 5.92 Å². The van der Waals surface area contributed by atoms with Gasteiger partial charge in [0.15, 0.2) is 5.13 Å². The first-order chi connectivity index (χ1) is 11.7. The monoisotopic (exact) mass is 337 g/mol. The molecule has 0 radical (unpaired) electrons. The number of aromatic nitrogens is 2. The Morgan fingerprint density at radius 2 is 2.17 bits per heavy atom. The molecular weight excluding hydrogens is 318 g/mol. The van der Waals surface area contributed by atoms with Crippen molar-refractivity contribution in [1.29, 1.82) is 0 Å². The number of pyridine rings is 1. The van der Waals surface area contributed by atoms with Crippen molar-refractivity contribution in [1.82, 2.24) is 9.97 Å². The lowest BCUT2D eigenvalue weighted by Crippen LogP contribution is -2.38. The molecule has 1 aliphatic carbocycles. The highest BCUT2D eigenvalue weighted by Crippen LogP contribution is 2.34. The molecule has 0 N–H and O–H groups in total. The molecule has 0 atom stereocenters. The first-order valence-electron chi connectivity index (χ1n) is 8.29. The molecule has 4 rings (SSSR count). The summed E-state index contributed by atoms with van der Waals surface area (Å²) in [6.45, 7) is 2.55. The summed E-state index contributed by atoms with van der Waals surface area (Å²) in [6.07, 6.45) is 4.89. The topological polar surface area (TPSA) is 46.1 Å². The van der Waals surface area contributed by atoms with E-state index < -0.39 is 0 Å². The second kappa shape index (κ2) is 6.32. The van der Waals surface area contributed by atoms with Crippen LogP contribution in [0.5, 0.6) is 0 Å². The summed E-state index contributed by atoms with van der Waals surface area (Å²) in [7, 11) is 0. The Morgan fingerprint density at radius 1 is 1.29 bits per heavy atom. The lowest BCUT2D eigenvalue weighted by Gasteiger charge is -2.30. The average molecular weight is 337 g/mol. The van der Waals surface area contributed by atoms with Gasteiger partial charge in [-0.15, -0.1) is 0 Å². The van der Waals surface area contributed by atoms with Crippen molar-refractivity contribution in [3.63, 3.8) is 0 Å². The van der Waals surface area contributed by atoms with E-state index in [1.54, 1.807) is 17.5 Å². The highest BCUT2D eigenvalue weighted by Gasteiger charge is 2.31. The molecule has 122 valence electrons. The zero-order valence-corrected chi connectivity index (χ0v) is 14.4. The highest BCUT2D eigenvalue weighted by atomic mass is 32.1. The van der Waals surface area contributed by atoms with Crippen LogP contribution >= 0.6 is 11.3 Å². The van der Waals surface area contributed by atoms with Crippen LogP contribution in [0.4, 0.5) is 5.13 Å². The number of benzene rings is 1. The van der Waals surface area contributed by atoms with E-state index >= 15 is 0 Å². The highest BCUT2D eigenvalue weighted by molar-refractivity contribution is 7.22. The Hall–Kier alpha value is -2.27. The van der Waals surface area contributed by atoms with E-state index in [9.17, 15) is 4.79 Å². The number of thiazole rings is 1. The van der Waals surface area contributed by atoms with Crippen LogP contribution in [-0.2, 0) is 11.3 Å². The molecule has 1 amide bonds. The van der Waals surface area contributed by atoms with E-state index in [0.29, 0.717) is 6.54 Å². The normalized spacial score (nSPS) is 14.5. The van der Waals surface area contributed by atoms with Crippen molar-refractivity contribution >= 4 is 32.6 Å². The van der Waals surface area contributed by atoms with Gasteiger partial charge in [0.05, 0.1) is 22.5 Å². The molecule has 0 saturated heterocycles. The predicted octanol–water partition coefficient (Wildman–Crippen LogP) is 4.33. The Labute approximate surface area is 145 Å². The summed E-state index contributed by atoms with van der Waals surface area (Å²) in [4.78, 5) is 23.9. The standard InChI is InChI=1S/C19H19N3OS/c1-13-8-9-16-17(11-13)24-19(21-16)22(18(23)14-5-4-6-14)12-15-7-2-3-10-20-15/h2-3,7-11,14H,4-6,12H2,1H3. The maximum Gasteiger partial charge on any atom is 0.232 e. The third-order valence-electron chi connectivity index (χ3n) is 4.53. The minimum Gasteiger partial charge on any atom is -0.282 e. The third-order valence-corrected chi connectivity index (χ3v) is 5.57. The fraction of sp³-hybridized carbons (Fsp3) is 0.316. The van der Waals surface area contributed by atoms with E-state index in [2.05, 4.69) is 24.0 Å². The molecule has 1 saturated carbocycles. The van der Waals surface area contributed by atoms with Crippen LogP contribution in [-0.4, -0.2) is 15.9 Å². The number of nitrogens with zero attached hydrogens (tertiary/aromatic N) is 3. The van der Waals surface area contributed by atoms with E-state index in [0.717, 1.165) is 40.3 Å². The van der Waals surface area contributed by atoms with Crippen molar-refractivity contribution in [3.8, 4) is 0 Å². The van der Waals surface area contributed by atoms with Crippen LogP contribution in [0.1, 0.15) is 30.5 Å². The van der Waals surface area contributed by atoms with E-state index in [-0.39, 0.29) is 11.8 Å². The second-order valence-electron chi connectivity index (χ2n) is 6.34. The lowest BCUT2D eigenvalue weighted by atomic mass is 9.84. The van der Waals surface area contributed by atoms with E-state index in [1.807, 2.05) is 29.2 Å². The molecule has 1 aromatic carbocycles. The summed E-state index contributed by atoms with van der Waals surface area (Å²) >= 11 is 1.59.